The fourth-order valence-corrected chi connectivity index (χ4v) is 4.15. The third-order valence-corrected chi connectivity index (χ3v) is 6.55. The number of nitrogens with zero attached hydrogens (tertiary/aromatic N) is 4. The van der Waals surface area contributed by atoms with E-state index in [1.807, 2.05) is 62.8 Å². The Morgan fingerprint density at radius 1 is 1.07 bits per heavy atom. The molecule has 0 bridgehead atoms. The molecule has 0 saturated heterocycles. The lowest BCUT2D eigenvalue weighted by Gasteiger charge is -2.20. The summed E-state index contributed by atoms with van der Waals surface area (Å²) in [4.78, 5) is 15.0. The predicted molar refractivity (Wildman–Crippen MR) is 124 cm³/mol. The summed E-state index contributed by atoms with van der Waals surface area (Å²) in [5.74, 6) is 1.21. The molecule has 158 valence electrons. The second-order valence-electron chi connectivity index (χ2n) is 7.76. The van der Waals surface area contributed by atoms with Gasteiger partial charge in [-0.15, -0.1) is 10.2 Å². The van der Waals surface area contributed by atoms with Crippen LogP contribution in [-0.4, -0.2) is 45.3 Å². The Bertz CT molecular complexity index is 1060. The molecule has 30 heavy (non-hydrogen) atoms. The minimum atomic E-state index is 0.0558. The van der Waals surface area contributed by atoms with Gasteiger partial charge in [0.1, 0.15) is 0 Å². The van der Waals surface area contributed by atoms with Gasteiger partial charge in [-0.3, -0.25) is 14.3 Å². The van der Waals surface area contributed by atoms with Gasteiger partial charge in [-0.2, -0.15) is 0 Å². The van der Waals surface area contributed by atoms with E-state index in [1.54, 1.807) is 0 Å². The number of aryl methyl sites for hydroxylation is 3. The highest BCUT2D eigenvalue weighted by Crippen LogP contribution is 2.28. The minimum absolute atomic E-state index is 0.0558. The van der Waals surface area contributed by atoms with E-state index in [0.717, 1.165) is 28.2 Å². The van der Waals surface area contributed by atoms with E-state index in [9.17, 15) is 4.79 Å². The summed E-state index contributed by atoms with van der Waals surface area (Å²) < 4.78 is 2.01. The molecule has 1 heterocycles. The zero-order valence-electron chi connectivity index (χ0n) is 18.2. The van der Waals surface area contributed by atoms with Crippen molar-refractivity contribution in [1.82, 2.24) is 19.7 Å². The van der Waals surface area contributed by atoms with Crippen LogP contribution in [0.15, 0.2) is 41.6 Å². The number of Topliss-reactive ketones (excluding diaryl/α,β-unsaturated/α-hetero) is 1. The molecule has 7 heteroatoms. The number of carbonyl (C=O) groups is 1. The van der Waals surface area contributed by atoms with E-state index < -0.39 is 0 Å². The van der Waals surface area contributed by atoms with Crippen molar-refractivity contribution in [2.45, 2.75) is 38.9 Å². The van der Waals surface area contributed by atoms with E-state index in [1.165, 1.54) is 17.3 Å². The summed E-state index contributed by atoms with van der Waals surface area (Å²) in [5, 5.41) is 10.2. The molecule has 0 aliphatic heterocycles. The first kappa shape index (κ1) is 22.5. The molecule has 0 aliphatic rings. The average Bonchev–Trinajstić information content (AvgIpc) is 3.12. The van der Waals surface area contributed by atoms with Crippen LogP contribution in [0.3, 0.4) is 0 Å². The monoisotopic (exact) mass is 442 g/mol. The van der Waals surface area contributed by atoms with E-state index >= 15 is 0 Å². The lowest BCUT2D eigenvalue weighted by atomic mass is 9.99. The van der Waals surface area contributed by atoms with Gasteiger partial charge in [0.25, 0.3) is 0 Å². The molecule has 0 amide bonds. The van der Waals surface area contributed by atoms with Crippen LogP contribution in [0.25, 0.3) is 5.69 Å². The zero-order chi connectivity index (χ0) is 22.0. The largest absolute Gasteiger partial charge is 0.300 e. The fraction of sp³-hybridized carbons (Fsp3) is 0.348. The van der Waals surface area contributed by atoms with Gasteiger partial charge in [0.2, 0.25) is 0 Å². The van der Waals surface area contributed by atoms with Crippen molar-refractivity contribution < 1.29 is 4.79 Å². The van der Waals surface area contributed by atoms with Crippen LogP contribution in [0.1, 0.15) is 45.8 Å². The van der Waals surface area contributed by atoms with Gasteiger partial charge in [-0.25, -0.2) is 0 Å². The molecule has 0 fully saturated rings. The Labute approximate surface area is 187 Å². The quantitative estimate of drug-likeness (QED) is 0.360. The summed E-state index contributed by atoms with van der Waals surface area (Å²) in [7, 11) is 4.01. The van der Waals surface area contributed by atoms with E-state index in [4.69, 9.17) is 11.6 Å². The van der Waals surface area contributed by atoms with Crippen LogP contribution in [-0.2, 0) is 0 Å². The van der Waals surface area contributed by atoms with Crippen LogP contribution >= 0.6 is 23.4 Å². The lowest BCUT2D eigenvalue weighted by molar-refractivity contribution is 0.102. The first-order valence-corrected chi connectivity index (χ1v) is 11.2. The molecule has 3 rings (SSSR count). The Morgan fingerprint density at radius 2 is 1.70 bits per heavy atom. The van der Waals surface area contributed by atoms with Crippen molar-refractivity contribution in [1.29, 1.82) is 0 Å². The second kappa shape index (κ2) is 9.33. The van der Waals surface area contributed by atoms with Crippen LogP contribution in [0, 0.1) is 20.8 Å². The van der Waals surface area contributed by atoms with Gasteiger partial charge in [-0.05, 0) is 88.8 Å². The normalized spacial score (nSPS) is 12.4. The van der Waals surface area contributed by atoms with Crippen molar-refractivity contribution in [3.63, 3.8) is 0 Å². The summed E-state index contributed by atoms with van der Waals surface area (Å²) >= 11 is 7.48. The van der Waals surface area contributed by atoms with E-state index in [-0.39, 0.29) is 11.8 Å². The predicted octanol–water partition coefficient (Wildman–Crippen LogP) is 5.44. The molecule has 0 aliphatic carbocycles. The molecular weight excluding hydrogens is 416 g/mol. The van der Waals surface area contributed by atoms with E-state index in [2.05, 4.69) is 35.0 Å². The van der Waals surface area contributed by atoms with Crippen molar-refractivity contribution in [2.75, 3.05) is 19.8 Å². The molecule has 2 aromatic carbocycles. The maximum atomic E-state index is 12.9. The molecule has 1 aromatic heterocycles. The van der Waals surface area contributed by atoms with Gasteiger partial charge in [-0.1, -0.05) is 29.4 Å². The standard InChI is InChI=1S/C23H27ClN4OS/c1-14-11-16(3)20(12-15(14)2)21(29)13-30-23-26-25-22(17(4)27(5)6)28(23)19-9-7-18(24)8-10-19/h7-12,17H,13H2,1-6H3/t17-/m1/s1. The van der Waals surface area contributed by atoms with Crippen molar-refractivity contribution in [3.05, 3.63) is 69.5 Å². The number of hydrogen-bond donors (Lipinski definition) is 0. The average molecular weight is 443 g/mol. The zero-order valence-corrected chi connectivity index (χ0v) is 19.8. The Kier molecular flexibility index (Phi) is 7.01. The highest BCUT2D eigenvalue weighted by atomic mass is 35.5. The molecular formula is C23H27ClN4OS. The van der Waals surface area contributed by atoms with Crippen molar-refractivity contribution in [2.24, 2.45) is 0 Å². The summed E-state index contributed by atoms with van der Waals surface area (Å²) in [5.41, 5.74) is 5.02. The Hall–Kier alpha value is -2.15. The molecule has 0 N–H and O–H groups in total. The highest BCUT2D eigenvalue weighted by Gasteiger charge is 2.22. The molecule has 0 unspecified atom stereocenters. The van der Waals surface area contributed by atoms with Gasteiger partial charge in [0, 0.05) is 16.3 Å². The topological polar surface area (TPSA) is 51.0 Å². The van der Waals surface area contributed by atoms with Gasteiger partial charge >= 0.3 is 0 Å². The molecule has 1 atom stereocenters. The molecule has 3 aromatic rings. The van der Waals surface area contributed by atoms with Crippen LogP contribution in [0.5, 0.6) is 0 Å². The van der Waals surface area contributed by atoms with Crippen LogP contribution in [0.2, 0.25) is 5.02 Å². The molecule has 5 nitrogen and oxygen atoms in total. The van der Waals surface area contributed by atoms with Crippen LogP contribution in [0.4, 0.5) is 0 Å². The Morgan fingerprint density at radius 3 is 2.33 bits per heavy atom. The van der Waals surface area contributed by atoms with Crippen LogP contribution < -0.4 is 0 Å². The first-order chi connectivity index (χ1) is 14.2. The Balaban J connectivity index is 1.92. The van der Waals surface area contributed by atoms with E-state index in [0.29, 0.717) is 15.9 Å². The lowest BCUT2D eigenvalue weighted by Crippen LogP contribution is -2.20. The number of halogens is 1. The molecule has 0 radical (unpaired) electrons. The third-order valence-electron chi connectivity index (χ3n) is 5.36. The SMILES string of the molecule is Cc1cc(C)c(C(=O)CSc2nnc([C@@H](C)N(C)C)n2-c2ccc(Cl)cc2)cc1C. The number of aromatic nitrogens is 3. The molecule has 0 spiro atoms. The highest BCUT2D eigenvalue weighted by molar-refractivity contribution is 7.99. The van der Waals surface area contributed by atoms with Gasteiger partial charge in [0.05, 0.1) is 11.8 Å². The third kappa shape index (κ3) is 4.77. The number of hydrogen-bond acceptors (Lipinski definition) is 5. The summed E-state index contributed by atoms with van der Waals surface area (Å²) in [6.45, 7) is 8.16. The number of carbonyl (C=O) groups excluding carboxylic acids is 1. The number of ketones is 1. The molecule has 0 saturated carbocycles. The smallest absolute Gasteiger partial charge is 0.196 e. The number of rotatable bonds is 7. The maximum Gasteiger partial charge on any atom is 0.196 e. The van der Waals surface area contributed by atoms with Gasteiger partial charge in [0.15, 0.2) is 16.8 Å². The number of benzene rings is 2. The summed E-state index contributed by atoms with van der Waals surface area (Å²) in [6.07, 6.45) is 0. The van der Waals surface area contributed by atoms with Crippen molar-refractivity contribution in [3.8, 4) is 5.69 Å². The fourth-order valence-electron chi connectivity index (χ4n) is 3.18. The first-order valence-electron chi connectivity index (χ1n) is 9.80. The van der Waals surface area contributed by atoms with Gasteiger partial charge < -0.3 is 0 Å². The second-order valence-corrected chi connectivity index (χ2v) is 9.13. The van der Waals surface area contributed by atoms with Crippen molar-refractivity contribution >= 4 is 29.1 Å². The maximum absolute atomic E-state index is 12.9. The minimum Gasteiger partial charge on any atom is -0.300 e. The number of thioether (sulfide) groups is 1. The summed E-state index contributed by atoms with van der Waals surface area (Å²) in [6, 6.07) is 11.7.